The molecule has 0 bridgehead atoms. The van der Waals surface area contributed by atoms with E-state index in [1.165, 1.54) is 13.2 Å². The van der Waals surface area contributed by atoms with E-state index >= 15 is 0 Å². The number of nitrogens with zero attached hydrogens (tertiary/aromatic N) is 1. The first-order chi connectivity index (χ1) is 5.65. The van der Waals surface area contributed by atoms with Crippen molar-refractivity contribution in [3.63, 3.8) is 0 Å². The molecule has 1 aromatic carbocycles. The Hall–Kier alpha value is -1.52. The highest BCUT2D eigenvalue weighted by Crippen LogP contribution is 2.23. The maximum atomic E-state index is 10.5. The minimum Gasteiger partial charge on any atom is -0.490 e. The molecular weight excluding hydrogens is 157 g/mol. The van der Waals surface area contributed by atoms with E-state index in [-0.39, 0.29) is 5.69 Å². The first-order valence-corrected chi connectivity index (χ1v) is 3.44. The predicted molar refractivity (Wildman–Crippen MR) is 47.8 cm³/mol. The van der Waals surface area contributed by atoms with Gasteiger partial charge in [0.15, 0.2) is 5.75 Å². The Bertz CT molecular complexity index is 314. The van der Waals surface area contributed by atoms with Crippen LogP contribution in [0.1, 0.15) is 0 Å². The first kappa shape index (κ1) is 8.58. The van der Waals surface area contributed by atoms with Crippen molar-refractivity contribution in [1.82, 2.24) is 0 Å². The quantitative estimate of drug-likeness (QED) is 0.348. The fraction of sp³-hybridized carbons (Fsp3) is 0.143. The van der Waals surface area contributed by atoms with Crippen LogP contribution in [0.4, 0.5) is 5.69 Å². The van der Waals surface area contributed by atoms with Gasteiger partial charge < -0.3 is 4.74 Å². The van der Waals surface area contributed by atoms with Gasteiger partial charge in [-0.25, -0.2) is 0 Å². The van der Waals surface area contributed by atoms with E-state index in [0.29, 0.717) is 5.75 Å². The summed E-state index contributed by atoms with van der Waals surface area (Å²) in [5.74, 6) is 0.297. The summed E-state index contributed by atoms with van der Waals surface area (Å²) in [7, 11) is 3.21. The van der Waals surface area contributed by atoms with Crippen LogP contribution < -0.4 is 10.2 Å². The molecule has 62 valence electrons. The summed E-state index contributed by atoms with van der Waals surface area (Å²) in [6.45, 7) is 0. The number of hydrogen-bond donors (Lipinski definition) is 0. The summed E-state index contributed by atoms with van der Waals surface area (Å²) >= 11 is 0. The molecule has 0 aromatic heterocycles. The van der Waals surface area contributed by atoms with Crippen LogP contribution in [-0.2, 0) is 0 Å². The van der Waals surface area contributed by atoms with E-state index < -0.39 is 4.92 Å². The number of benzene rings is 1. The summed E-state index contributed by atoms with van der Waals surface area (Å²) < 4.78 is 4.82. The summed E-state index contributed by atoms with van der Waals surface area (Å²) in [6, 6.07) is 4.85. The highest BCUT2D eigenvalue weighted by Gasteiger charge is 2.12. The summed E-state index contributed by atoms with van der Waals surface area (Å²) in [5, 5.41) is 10.5. The Morgan fingerprint density at radius 3 is 2.75 bits per heavy atom. The molecule has 0 amide bonds. The van der Waals surface area contributed by atoms with Crippen LogP contribution >= 0.6 is 0 Å². The molecule has 0 radical (unpaired) electrons. The maximum absolute atomic E-state index is 10.5. The van der Waals surface area contributed by atoms with E-state index in [1.54, 1.807) is 20.0 Å². The molecule has 0 heterocycles. The second-order valence-corrected chi connectivity index (χ2v) is 2.43. The standard InChI is InChI=1S/C7H8BNO3/c1-12-7-3-2-5(8)4-6(7)9(10)11/h2-4H,8H2,1H3. The molecule has 12 heavy (non-hydrogen) atoms. The van der Waals surface area contributed by atoms with Gasteiger partial charge in [0.25, 0.3) is 0 Å². The van der Waals surface area contributed by atoms with Gasteiger partial charge >= 0.3 is 5.69 Å². The number of rotatable bonds is 2. The molecular formula is C7H8BNO3. The normalized spacial score (nSPS) is 9.42. The molecule has 0 N–H and O–H groups in total. The Labute approximate surface area is 70.7 Å². The van der Waals surface area contributed by atoms with Crippen LogP contribution in [0, 0.1) is 10.1 Å². The Morgan fingerprint density at radius 2 is 2.25 bits per heavy atom. The van der Waals surface area contributed by atoms with Gasteiger partial charge in [-0.05, 0) is 6.07 Å². The fourth-order valence-electron chi connectivity index (χ4n) is 0.943. The molecule has 0 aliphatic heterocycles. The number of nitro groups is 1. The lowest BCUT2D eigenvalue weighted by atomic mass is 9.96. The lowest BCUT2D eigenvalue weighted by molar-refractivity contribution is -0.385. The smallest absolute Gasteiger partial charge is 0.310 e. The molecule has 0 fully saturated rings. The SMILES string of the molecule is Bc1ccc(OC)c([N+](=O)[O-])c1. The van der Waals surface area contributed by atoms with Crippen molar-refractivity contribution in [3.8, 4) is 5.75 Å². The number of hydrogen-bond acceptors (Lipinski definition) is 3. The zero-order chi connectivity index (χ0) is 9.14. The lowest BCUT2D eigenvalue weighted by Gasteiger charge is -2.01. The van der Waals surface area contributed by atoms with Gasteiger partial charge in [0.2, 0.25) is 0 Å². The monoisotopic (exact) mass is 165 g/mol. The predicted octanol–water partition coefficient (Wildman–Crippen LogP) is -0.138. The number of nitro benzene ring substituents is 1. The van der Waals surface area contributed by atoms with E-state index in [0.717, 1.165) is 5.46 Å². The van der Waals surface area contributed by atoms with Gasteiger partial charge in [-0.1, -0.05) is 11.5 Å². The maximum Gasteiger partial charge on any atom is 0.310 e. The summed E-state index contributed by atoms with van der Waals surface area (Å²) in [5.41, 5.74) is 0.861. The molecule has 5 heteroatoms. The van der Waals surface area contributed by atoms with Crippen molar-refractivity contribution in [3.05, 3.63) is 28.3 Å². The Balaban J connectivity index is 3.21. The van der Waals surface area contributed by atoms with Gasteiger partial charge in [0.1, 0.15) is 7.85 Å². The van der Waals surface area contributed by atoms with Crippen LogP contribution in [0.2, 0.25) is 0 Å². The average Bonchev–Trinajstić information content (AvgIpc) is 2.04. The van der Waals surface area contributed by atoms with E-state index in [4.69, 9.17) is 4.74 Å². The van der Waals surface area contributed by atoms with Crippen molar-refractivity contribution in [2.45, 2.75) is 0 Å². The molecule has 0 saturated carbocycles. The summed E-state index contributed by atoms with van der Waals surface area (Å²) in [4.78, 5) is 10.0. The molecule has 1 aromatic rings. The van der Waals surface area contributed by atoms with Gasteiger partial charge in [0.05, 0.1) is 12.0 Å². The van der Waals surface area contributed by atoms with Crippen molar-refractivity contribution in [2.24, 2.45) is 0 Å². The third-order valence-corrected chi connectivity index (χ3v) is 1.53. The van der Waals surface area contributed by atoms with Gasteiger partial charge in [0, 0.05) is 6.07 Å². The molecule has 0 aliphatic carbocycles. The van der Waals surface area contributed by atoms with Gasteiger partial charge in [-0.15, -0.1) is 0 Å². The van der Waals surface area contributed by atoms with Crippen LogP contribution in [0.5, 0.6) is 5.75 Å². The zero-order valence-corrected chi connectivity index (χ0v) is 6.90. The number of ether oxygens (including phenoxy) is 1. The van der Waals surface area contributed by atoms with E-state index in [1.807, 2.05) is 0 Å². The Morgan fingerprint density at radius 1 is 1.58 bits per heavy atom. The highest BCUT2D eigenvalue weighted by atomic mass is 16.6. The second kappa shape index (κ2) is 3.25. The van der Waals surface area contributed by atoms with E-state index in [2.05, 4.69) is 0 Å². The van der Waals surface area contributed by atoms with Crippen molar-refractivity contribution in [1.29, 1.82) is 0 Å². The minimum absolute atomic E-state index is 0.0116. The third kappa shape index (κ3) is 1.55. The second-order valence-electron chi connectivity index (χ2n) is 2.43. The molecule has 0 spiro atoms. The summed E-state index contributed by atoms with van der Waals surface area (Å²) in [6.07, 6.45) is 0. The van der Waals surface area contributed by atoms with Crippen molar-refractivity contribution < 1.29 is 9.66 Å². The van der Waals surface area contributed by atoms with Crippen LogP contribution in [0.25, 0.3) is 0 Å². The van der Waals surface area contributed by atoms with Crippen LogP contribution in [-0.4, -0.2) is 19.9 Å². The third-order valence-electron chi connectivity index (χ3n) is 1.53. The Kier molecular flexibility index (Phi) is 2.33. The molecule has 0 aliphatic rings. The highest BCUT2D eigenvalue weighted by molar-refractivity contribution is 6.32. The molecule has 0 unspecified atom stereocenters. The van der Waals surface area contributed by atoms with Crippen molar-refractivity contribution in [2.75, 3.05) is 7.11 Å². The molecule has 4 nitrogen and oxygen atoms in total. The first-order valence-electron chi connectivity index (χ1n) is 3.44. The van der Waals surface area contributed by atoms with Crippen LogP contribution in [0.15, 0.2) is 18.2 Å². The fourth-order valence-corrected chi connectivity index (χ4v) is 0.943. The average molecular weight is 165 g/mol. The van der Waals surface area contributed by atoms with Crippen LogP contribution in [0.3, 0.4) is 0 Å². The largest absolute Gasteiger partial charge is 0.490 e. The van der Waals surface area contributed by atoms with Gasteiger partial charge in [-0.3, -0.25) is 10.1 Å². The molecule has 1 rings (SSSR count). The van der Waals surface area contributed by atoms with Gasteiger partial charge in [-0.2, -0.15) is 0 Å². The molecule has 0 saturated heterocycles. The van der Waals surface area contributed by atoms with Crippen molar-refractivity contribution >= 4 is 19.0 Å². The molecule has 0 atom stereocenters. The lowest BCUT2D eigenvalue weighted by Crippen LogP contribution is -2.04. The number of methoxy groups -OCH3 is 1. The van der Waals surface area contributed by atoms with E-state index in [9.17, 15) is 10.1 Å². The topological polar surface area (TPSA) is 52.4 Å². The minimum atomic E-state index is -0.453. The zero-order valence-electron chi connectivity index (χ0n) is 6.90.